The number of aromatic nitrogens is 5. The largest absolute Gasteiger partial charge is 0.511 e. The average Bonchev–Trinajstić information content (AvgIpc) is 3.59. The number of hydrogen-bond acceptors (Lipinski definition) is 15. The number of nitrogens with two attached hydrogens (primary N) is 1. The summed E-state index contributed by atoms with van der Waals surface area (Å²) in [6.07, 6.45) is 0.731. The van der Waals surface area contributed by atoms with E-state index in [1.807, 2.05) is 0 Å². The van der Waals surface area contributed by atoms with E-state index in [-0.39, 0.29) is 60.5 Å². The number of carbonyl (C=O) groups is 3. The molecule has 1 atom stereocenters. The molecule has 0 aliphatic rings. The fraction of sp³-hybridized carbons (Fsp3) is 0.333. The molecule has 0 saturated carbocycles. The Kier molecular flexibility index (Phi) is 14.6. The first-order valence-corrected chi connectivity index (χ1v) is 16.6. The van der Waals surface area contributed by atoms with E-state index >= 15 is 4.39 Å². The second-order valence-electron chi connectivity index (χ2n) is 12.2. The summed E-state index contributed by atoms with van der Waals surface area (Å²) in [5.41, 5.74) is 5.87. The van der Waals surface area contributed by atoms with Crippen LogP contribution in [0.4, 0.5) is 24.1 Å². The van der Waals surface area contributed by atoms with Crippen LogP contribution in [-0.4, -0.2) is 94.8 Å². The number of anilines is 1. The van der Waals surface area contributed by atoms with Crippen LogP contribution >= 0.6 is 0 Å². The molecular weight excluding hydrogens is 742 g/mol. The van der Waals surface area contributed by atoms with E-state index in [1.54, 1.807) is 37.3 Å². The third-order valence-electron chi connectivity index (χ3n) is 7.02. The van der Waals surface area contributed by atoms with Gasteiger partial charge in [-0.05, 0) is 62.7 Å². The molecule has 18 nitrogen and oxygen atoms in total. The summed E-state index contributed by atoms with van der Waals surface area (Å²) in [5.74, 6) is -1.73. The highest BCUT2D eigenvalue weighted by Gasteiger charge is 2.29. The molecule has 0 radical (unpaired) electrons. The van der Waals surface area contributed by atoms with Crippen molar-refractivity contribution in [3.05, 3.63) is 89.8 Å². The molecule has 56 heavy (non-hydrogen) atoms. The van der Waals surface area contributed by atoms with E-state index < -0.39 is 49.1 Å². The first kappa shape index (κ1) is 41.9. The number of amides is 1. The maximum Gasteiger partial charge on any atom is 0.511 e. The quantitative estimate of drug-likeness (QED) is 0.0258. The Morgan fingerprint density at radius 1 is 1.04 bits per heavy atom. The molecule has 0 saturated heterocycles. The van der Waals surface area contributed by atoms with E-state index in [0.29, 0.717) is 16.8 Å². The standard InChI is InChI=1S/C36H40F2N8O10/c1-21(2)18-53-34(48)43-30(39)23-8-10-24(11-9-23)42-29(26-16-25(50-6)17-27(28(26)38)52-15-14-51-22(3)47)31-44-33(46(45-31)32-40-12-7-13-41-32)54-20-55-35(49)56-36(4,5)19-37/h7-13,16-17,29,42H,1,14-15,18-20H2,2-6H3,(H2,39,43,48)/t29-/m1/s1. The van der Waals surface area contributed by atoms with Crippen LogP contribution in [0.1, 0.15) is 50.7 Å². The molecule has 0 bridgehead atoms. The third-order valence-corrected chi connectivity index (χ3v) is 7.02. The van der Waals surface area contributed by atoms with Crippen LogP contribution in [0.25, 0.3) is 5.95 Å². The molecule has 0 fully saturated rings. The van der Waals surface area contributed by atoms with Crippen LogP contribution in [0.2, 0.25) is 0 Å². The van der Waals surface area contributed by atoms with Crippen molar-refractivity contribution in [2.24, 2.45) is 10.7 Å². The predicted octanol–water partition coefficient (Wildman–Crippen LogP) is 5.00. The van der Waals surface area contributed by atoms with Crippen molar-refractivity contribution in [1.29, 1.82) is 0 Å². The number of amidine groups is 1. The van der Waals surface area contributed by atoms with Gasteiger partial charge >= 0.3 is 24.2 Å². The fourth-order valence-electron chi connectivity index (χ4n) is 4.40. The number of alkyl halides is 1. The van der Waals surface area contributed by atoms with Gasteiger partial charge in [-0.25, -0.2) is 28.3 Å². The molecule has 0 unspecified atom stereocenters. The Bertz CT molecular complexity index is 2030. The van der Waals surface area contributed by atoms with E-state index in [9.17, 15) is 18.8 Å². The molecule has 0 aliphatic carbocycles. The molecule has 2 aromatic carbocycles. The second-order valence-corrected chi connectivity index (χ2v) is 12.2. The molecule has 1 amide bonds. The van der Waals surface area contributed by atoms with Gasteiger partial charge in [0, 0.05) is 42.2 Å². The van der Waals surface area contributed by atoms with Crippen molar-refractivity contribution in [2.45, 2.75) is 39.3 Å². The van der Waals surface area contributed by atoms with Crippen LogP contribution < -0.4 is 25.3 Å². The van der Waals surface area contributed by atoms with Gasteiger partial charge in [-0.2, -0.15) is 9.98 Å². The summed E-state index contributed by atoms with van der Waals surface area (Å²) < 4.78 is 67.2. The summed E-state index contributed by atoms with van der Waals surface area (Å²) in [6, 6.07) is 8.95. The number of hydrogen-bond donors (Lipinski definition) is 2. The van der Waals surface area contributed by atoms with Crippen LogP contribution in [-0.2, 0) is 23.7 Å². The lowest BCUT2D eigenvalue weighted by Crippen LogP contribution is -2.31. The van der Waals surface area contributed by atoms with Gasteiger partial charge < -0.3 is 44.2 Å². The van der Waals surface area contributed by atoms with Crippen molar-refractivity contribution < 1.29 is 56.3 Å². The summed E-state index contributed by atoms with van der Waals surface area (Å²) in [5, 5.41) is 7.70. The number of halogens is 2. The van der Waals surface area contributed by atoms with E-state index in [0.717, 1.165) is 4.68 Å². The number of methoxy groups -OCH3 is 1. The van der Waals surface area contributed by atoms with Crippen LogP contribution in [0.3, 0.4) is 0 Å². The Morgan fingerprint density at radius 2 is 1.75 bits per heavy atom. The Balaban J connectivity index is 1.75. The number of aliphatic imine (C=N–C) groups is 1. The second kappa shape index (κ2) is 19.5. The van der Waals surface area contributed by atoms with Crippen molar-refractivity contribution in [2.75, 3.05) is 45.7 Å². The van der Waals surface area contributed by atoms with E-state index in [4.69, 9.17) is 38.9 Å². The number of carbonyl (C=O) groups excluding carboxylic acids is 3. The monoisotopic (exact) mass is 782 g/mol. The average molecular weight is 783 g/mol. The minimum absolute atomic E-state index is 0.0229. The van der Waals surface area contributed by atoms with Crippen molar-refractivity contribution in [1.82, 2.24) is 24.7 Å². The van der Waals surface area contributed by atoms with E-state index in [1.165, 1.54) is 52.4 Å². The zero-order valence-electron chi connectivity index (χ0n) is 31.1. The van der Waals surface area contributed by atoms with Crippen molar-refractivity contribution in [3.63, 3.8) is 0 Å². The Labute approximate surface area is 319 Å². The molecule has 2 heterocycles. The van der Waals surface area contributed by atoms with Gasteiger partial charge in [-0.15, -0.1) is 9.78 Å². The number of esters is 1. The van der Waals surface area contributed by atoms with Crippen LogP contribution in [0.5, 0.6) is 17.5 Å². The maximum absolute atomic E-state index is 16.5. The van der Waals surface area contributed by atoms with Gasteiger partial charge in [-0.3, -0.25) is 4.79 Å². The minimum Gasteiger partial charge on any atom is -0.497 e. The lowest BCUT2D eigenvalue weighted by Gasteiger charge is -2.21. The molecule has 0 aliphatic heterocycles. The topological polar surface area (TPSA) is 223 Å². The number of ether oxygens (including phenoxy) is 7. The van der Waals surface area contributed by atoms with Crippen molar-refractivity contribution >= 4 is 29.7 Å². The molecule has 4 aromatic rings. The van der Waals surface area contributed by atoms with Crippen LogP contribution in [0, 0.1) is 5.82 Å². The molecule has 0 spiro atoms. The molecule has 3 N–H and O–H groups in total. The minimum atomic E-state index is -1.45. The van der Waals surface area contributed by atoms with Gasteiger partial charge in [0.1, 0.15) is 49.7 Å². The normalized spacial score (nSPS) is 11.9. The number of nitrogens with one attached hydrogen (secondary N) is 1. The molecule has 4 rings (SSSR count). The SMILES string of the molecule is C=C(C)COC(=O)/N=C(\N)c1ccc(N[C@@H](c2nc(OCOC(=O)OC(C)(C)CF)n(-c3ncccn3)n2)c2cc(OC)cc(OCCOC(C)=O)c2F)cc1. The zero-order chi connectivity index (χ0) is 40.8. The van der Waals surface area contributed by atoms with Gasteiger partial charge in [0.2, 0.25) is 6.79 Å². The molecule has 298 valence electrons. The first-order chi connectivity index (χ1) is 26.7. The van der Waals surface area contributed by atoms with E-state index in [2.05, 4.69) is 36.9 Å². The van der Waals surface area contributed by atoms with Gasteiger partial charge in [0.15, 0.2) is 17.4 Å². The maximum atomic E-state index is 16.5. The number of nitrogens with zero attached hydrogens (tertiary/aromatic N) is 6. The molecule has 20 heteroatoms. The van der Waals surface area contributed by atoms with Gasteiger partial charge in [0.25, 0.3) is 5.95 Å². The fourth-order valence-corrected chi connectivity index (χ4v) is 4.40. The lowest BCUT2D eigenvalue weighted by atomic mass is 10.0. The Hall–Kier alpha value is -6.86. The highest BCUT2D eigenvalue weighted by Crippen LogP contribution is 2.36. The third kappa shape index (κ3) is 12.1. The summed E-state index contributed by atoms with van der Waals surface area (Å²) >= 11 is 0. The smallest absolute Gasteiger partial charge is 0.497 e. The highest BCUT2D eigenvalue weighted by molar-refractivity contribution is 6.02. The van der Waals surface area contributed by atoms with Gasteiger partial charge in [0.05, 0.1) is 7.11 Å². The number of benzene rings is 2. The highest BCUT2D eigenvalue weighted by atomic mass is 19.1. The number of rotatable bonds is 18. The van der Waals surface area contributed by atoms with Crippen molar-refractivity contribution in [3.8, 4) is 23.5 Å². The molecule has 2 aromatic heterocycles. The predicted molar refractivity (Wildman–Crippen MR) is 194 cm³/mol. The van der Waals surface area contributed by atoms with Gasteiger partial charge in [-0.1, -0.05) is 6.58 Å². The lowest BCUT2D eigenvalue weighted by molar-refractivity contribution is -0.141. The first-order valence-electron chi connectivity index (χ1n) is 16.6. The van der Waals surface area contributed by atoms with Crippen LogP contribution in [0.15, 0.2) is 72.0 Å². The summed E-state index contributed by atoms with van der Waals surface area (Å²) in [6.45, 7) is 7.19. The Morgan fingerprint density at radius 3 is 2.39 bits per heavy atom. The summed E-state index contributed by atoms with van der Waals surface area (Å²) in [4.78, 5) is 52.1. The zero-order valence-corrected chi connectivity index (χ0v) is 31.1. The molecular formula is C36H40F2N8O10. The summed E-state index contributed by atoms with van der Waals surface area (Å²) in [7, 11) is 1.37.